The van der Waals surface area contributed by atoms with E-state index in [0.29, 0.717) is 5.92 Å². The number of esters is 1. The lowest BCUT2D eigenvalue weighted by Crippen LogP contribution is -2.41. The van der Waals surface area contributed by atoms with Crippen molar-refractivity contribution >= 4 is 17.6 Å². The first kappa shape index (κ1) is 16.9. The van der Waals surface area contributed by atoms with Gasteiger partial charge in [-0.25, -0.2) is 4.79 Å². The zero-order valence-corrected chi connectivity index (χ0v) is 13.2. The number of nitrogens with zero attached hydrogens (tertiary/aromatic N) is 1. The molecule has 1 aromatic carbocycles. The lowest BCUT2D eigenvalue weighted by atomic mass is 9.86. The minimum atomic E-state index is -0.714. The molecule has 0 radical (unpaired) electrons. The van der Waals surface area contributed by atoms with Crippen LogP contribution in [0.3, 0.4) is 0 Å². The van der Waals surface area contributed by atoms with Crippen LogP contribution in [0, 0.1) is 16.0 Å². The Kier molecular flexibility index (Phi) is 5.31. The van der Waals surface area contributed by atoms with E-state index >= 15 is 0 Å². The van der Waals surface area contributed by atoms with E-state index in [4.69, 9.17) is 0 Å². The van der Waals surface area contributed by atoms with E-state index < -0.39 is 16.8 Å². The van der Waals surface area contributed by atoms with Crippen LogP contribution in [0.1, 0.15) is 53.3 Å². The summed E-state index contributed by atoms with van der Waals surface area (Å²) >= 11 is 0. The molecular weight excluding hydrogens is 300 g/mol. The largest absolute Gasteiger partial charge is 0.465 e. The van der Waals surface area contributed by atoms with Crippen LogP contribution in [0.25, 0.3) is 0 Å². The summed E-state index contributed by atoms with van der Waals surface area (Å²) < 4.78 is 4.58. The van der Waals surface area contributed by atoms with Crippen molar-refractivity contribution in [3.63, 3.8) is 0 Å². The number of nitro benzene ring substituents is 1. The number of carbonyl (C=O) groups excluding carboxylic acids is 2. The standard InChI is InChI=1S/C16H20N2O5/c1-10-5-3-4-6-14(10)17-15(19)11-7-12(16(20)23-2)9-13(8-11)18(21)22/h7-10,14H,3-6H2,1-2H3,(H,17,19)/t10-,14-/m1/s1. The predicted octanol–water partition coefficient (Wildman–Crippen LogP) is 2.69. The summed E-state index contributed by atoms with van der Waals surface area (Å²) in [5, 5.41) is 13.9. The van der Waals surface area contributed by atoms with Gasteiger partial charge in [-0.15, -0.1) is 0 Å². The van der Waals surface area contributed by atoms with Gasteiger partial charge in [0.2, 0.25) is 0 Å². The Morgan fingerprint density at radius 1 is 1.22 bits per heavy atom. The number of hydrogen-bond donors (Lipinski definition) is 1. The van der Waals surface area contributed by atoms with Crippen molar-refractivity contribution in [2.24, 2.45) is 5.92 Å². The van der Waals surface area contributed by atoms with Crippen molar-refractivity contribution < 1.29 is 19.2 Å². The second-order valence-corrected chi connectivity index (χ2v) is 5.86. The number of nitrogens with one attached hydrogen (secondary N) is 1. The van der Waals surface area contributed by atoms with E-state index in [2.05, 4.69) is 17.0 Å². The van der Waals surface area contributed by atoms with Crippen molar-refractivity contribution in [1.29, 1.82) is 0 Å². The van der Waals surface area contributed by atoms with Crippen LogP contribution in [0.5, 0.6) is 0 Å². The smallest absolute Gasteiger partial charge is 0.338 e. The highest BCUT2D eigenvalue weighted by atomic mass is 16.6. The minimum absolute atomic E-state index is 0.0106. The summed E-state index contributed by atoms with van der Waals surface area (Å²) in [5.41, 5.74) is -0.226. The van der Waals surface area contributed by atoms with Gasteiger partial charge in [-0.2, -0.15) is 0 Å². The van der Waals surface area contributed by atoms with Crippen LogP contribution in [-0.4, -0.2) is 30.0 Å². The maximum absolute atomic E-state index is 12.4. The lowest BCUT2D eigenvalue weighted by Gasteiger charge is -2.29. The summed E-state index contributed by atoms with van der Waals surface area (Å²) in [6, 6.07) is 3.65. The highest BCUT2D eigenvalue weighted by Crippen LogP contribution is 2.24. The highest BCUT2D eigenvalue weighted by Gasteiger charge is 2.25. The monoisotopic (exact) mass is 320 g/mol. The minimum Gasteiger partial charge on any atom is -0.465 e. The fourth-order valence-electron chi connectivity index (χ4n) is 2.87. The molecule has 1 saturated carbocycles. The summed E-state index contributed by atoms with van der Waals surface area (Å²) in [6.07, 6.45) is 4.15. The van der Waals surface area contributed by atoms with Crippen molar-refractivity contribution in [1.82, 2.24) is 5.32 Å². The third-order valence-corrected chi connectivity index (χ3v) is 4.24. The average Bonchev–Trinajstić information content (AvgIpc) is 2.55. The van der Waals surface area contributed by atoms with Crippen molar-refractivity contribution in [2.75, 3.05) is 7.11 Å². The Hall–Kier alpha value is -2.44. The topological polar surface area (TPSA) is 98.5 Å². The molecule has 0 saturated heterocycles. The number of ether oxygens (including phenoxy) is 1. The molecule has 1 aliphatic rings. The summed E-state index contributed by atoms with van der Waals surface area (Å²) in [6.45, 7) is 2.08. The fraction of sp³-hybridized carbons (Fsp3) is 0.500. The normalized spacial score (nSPS) is 20.6. The molecule has 1 amide bonds. The zero-order valence-electron chi connectivity index (χ0n) is 13.2. The van der Waals surface area contributed by atoms with Crippen LogP contribution in [-0.2, 0) is 4.74 Å². The SMILES string of the molecule is COC(=O)c1cc(C(=O)N[C@@H]2CCCC[C@H]2C)cc([N+](=O)[O-])c1. The molecule has 7 nitrogen and oxygen atoms in total. The van der Waals surface area contributed by atoms with E-state index in [-0.39, 0.29) is 22.9 Å². The Labute approximate surface area is 134 Å². The van der Waals surface area contributed by atoms with Gasteiger partial charge >= 0.3 is 5.97 Å². The number of benzene rings is 1. The third-order valence-electron chi connectivity index (χ3n) is 4.24. The van der Waals surface area contributed by atoms with Crippen LogP contribution in [0.4, 0.5) is 5.69 Å². The average molecular weight is 320 g/mol. The number of carbonyl (C=O) groups is 2. The molecule has 0 heterocycles. The first-order chi connectivity index (χ1) is 10.9. The molecule has 0 aromatic heterocycles. The van der Waals surface area contributed by atoms with Crippen LogP contribution < -0.4 is 5.32 Å². The van der Waals surface area contributed by atoms with Crippen LogP contribution in [0.2, 0.25) is 0 Å². The zero-order chi connectivity index (χ0) is 17.0. The number of nitro groups is 1. The molecular formula is C16H20N2O5. The van der Waals surface area contributed by atoms with Gasteiger partial charge in [0.25, 0.3) is 11.6 Å². The third kappa shape index (κ3) is 4.06. The quantitative estimate of drug-likeness (QED) is 0.522. The molecule has 23 heavy (non-hydrogen) atoms. The molecule has 0 spiro atoms. The number of non-ortho nitro benzene ring substituents is 1. The van der Waals surface area contributed by atoms with Gasteiger partial charge in [-0.3, -0.25) is 14.9 Å². The molecule has 0 aliphatic heterocycles. The molecule has 1 N–H and O–H groups in total. The number of hydrogen-bond acceptors (Lipinski definition) is 5. The highest BCUT2D eigenvalue weighted by molar-refractivity contribution is 5.99. The second kappa shape index (κ2) is 7.21. The lowest BCUT2D eigenvalue weighted by molar-refractivity contribution is -0.384. The number of rotatable bonds is 4. The maximum Gasteiger partial charge on any atom is 0.338 e. The summed E-state index contributed by atoms with van der Waals surface area (Å²) in [5.74, 6) is -0.752. The second-order valence-electron chi connectivity index (χ2n) is 5.86. The van der Waals surface area contributed by atoms with Gasteiger partial charge in [0.1, 0.15) is 0 Å². The molecule has 124 valence electrons. The number of methoxy groups -OCH3 is 1. The van der Waals surface area contributed by atoms with E-state index in [0.717, 1.165) is 31.7 Å². The van der Waals surface area contributed by atoms with Gasteiger partial charge in [0.15, 0.2) is 0 Å². The van der Waals surface area contributed by atoms with Crippen LogP contribution >= 0.6 is 0 Å². The Morgan fingerprint density at radius 2 is 1.87 bits per heavy atom. The van der Waals surface area contributed by atoms with Crippen molar-refractivity contribution in [3.05, 3.63) is 39.4 Å². The molecule has 2 atom stereocenters. The van der Waals surface area contributed by atoms with Crippen molar-refractivity contribution in [2.45, 2.75) is 38.6 Å². The van der Waals surface area contributed by atoms with Crippen molar-refractivity contribution in [3.8, 4) is 0 Å². The first-order valence-corrected chi connectivity index (χ1v) is 7.61. The van der Waals surface area contributed by atoms with Gasteiger partial charge in [0.05, 0.1) is 17.6 Å². The first-order valence-electron chi connectivity index (χ1n) is 7.61. The van der Waals surface area contributed by atoms with E-state index in [1.165, 1.54) is 19.2 Å². The summed E-state index contributed by atoms with van der Waals surface area (Å²) in [7, 11) is 1.19. The molecule has 0 bridgehead atoms. The van der Waals surface area contributed by atoms with Gasteiger partial charge in [-0.1, -0.05) is 19.8 Å². The van der Waals surface area contributed by atoms with E-state index in [1.807, 2.05) is 0 Å². The Balaban J connectivity index is 2.26. The summed E-state index contributed by atoms with van der Waals surface area (Å²) in [4.78, 5) is 34.4. The molecule has 1 aliphatic carbocycles. The Bertz CT molecular complexity index is 629. The van der Waals surface area contributed by atoms with Gasteiger partial charge in [0, 0.05) is 23.7 Å². The molecule has 0 unspecified atom stereocenters. The molecule has 1 aromatic rings. The molecule has 2 rings (SSSR count). The molecule has 7 heteroatoms. The number of amides is 1. The van der Waals surface area contributed by atoms with E-state index in [1.54, 1.807) is 0 Å². The predicted molar refractivity (Wildman–Crippen MR) is 83.3 cm³/mol. The van der Waals surface area contributed by atoms with E-state index in [9.17, 15) is 19.7 Å². The Morgan fingerprint density at radius 3 is 2.48 bits per heavy atom. The fourth-order valence-corrected chi connectivity index (χ4v) is 2.87. The maximum atomic E-state index is 12.4. The van der Waals surface area contributed by atoms with Gasteiger partial charge < -0.3 is 10.1 Å². The van der Waals surface area contributed by atoms with Crippen LogP contribution in [0.15, 0.2) is 18.2 Å². The van der Waals surface area contributed by atoms with Gasteiger partial charge in [-0.05, 0) is 24.8 Å². The molecule has 1 fully saturated rings.